The summed E-state index contributed by atoms with van der Waals surface area (Å²) in [7, 11) is 0. The lowest BCUT2D eigenvalue weighted by Gasteiger charge is -2.09. The Morgan fingerprint density at radius 3 is 2.67 bits per heavy atom. The van der Waals surface area contributed by atoms with E-state index in [0.29, 0.717) is 22.2 Å². The van der Waals surface area contributed by atoms with Gasteiger partial charge in [0.1, 0.15) is 5.82 Å². The summed E-state index contributed by atoms with van der Waals surface area (Å²) in [6.45, 7) is 2.28. The first kappa shape index (κ1) is 13.2. The molecule has 0 heterocycles. The van der Waals surface area contributed by atoms with Gasteiger partial charge in [-0.1, -0.05) is 35.3 Å². The first-order chi connectivity index (χ1) is 8.58. The average Bonchev–Trinajstić information content (AvgIpc) is 2.35. The van der Waals surface area contributed by atoms with Gasteiger partial charge in [-0.15, -0.1) is 0 Å². The maximum atomic E-state index is 13.1. The molecule has 0 saturated carbocycles. The molecule has 0 amide bonds. The number of nitrogens with one attached hydrogen (secondary N) is 1. The minimum Gasteiger partial charge on any atom is -0.381 e. The van der Waals surface area contributed by atoms with Crippen LogP contribution in [0.4, 0.5) is 10.1 Å². The highest BCUT2D eigenvalue weighted by Gasteiger charge is 2.04. The van der Waals surface area contributed by atoms with E-state index in [1.54, 1.807) is 25.1 Å². The number of halogens is 3. The zero-order valence-electron chi connectivity index (χ0n) is 9.81. The van der Waals surface area contributed by atoms with Gasteiger partial charge in [0.2, 0.25) is 0 Å². The van der Waals surface area contributed by atoms with Crippen LogP contribution in [0.3, 0.4) is 0 Å². The van der Waals surface area contributed by atoms with Crippen LogP contribution in [0.5, 0.6) is 0 Å². The molecular weight excluding hydrogens is 272 g/mol. The lowest BCUT2D eigenvalue weighted by atomic mass is 10.2. The SMILES string of the molecule is Cc1cc(NCc2cccc(Cl)c2Cl)ccc1F. The number of anilines is 1. The van der Waals surface area contributed by atoms with Crippen LogP contribution in [0.1, 0.15) is 11.1 Å². The van der Waals surface area contributed by atoms with Crippen molar-refractivity contribution in [3.05, 3.63) is 63.4 Å². The number of rotatable bonds is 3. The van der Waals surface area contributed by atoms with Crippen molar-refractivity contribution in [2.24, 2.45) is 0 Å². The molecule has 2 aromatic rings. The molecular formula is C14H12Cl2FN. The van der Waals surface area contributed by atoms with Crippen LogP contribution in [-0.4, -0.2) is 0 Å². The average molecular weight is 284 g/mol. The van der Waals surface area contributed by atoms with Crippen molar-refractivity contribution in [2.45, 2.75) is 13.5 Å². The summed E-state index contributed by atoms with van der Waals surface area (Å²) >= 11 is 12.0. The Balaban J connectivity index is 2.11. The summed E-state index contributed by atoms with van der Waals surface area (Å²) in [6.07, 6.45) is 0. The van der Waals surface area contributed by atoms with Crippen LogP contribution in [0, 0.1) is 12.7 Å². The molecule has 0 aromatic heterocycles. The van der Waals surface area contributed by atoms with Gasteiger partial charge in [-0.2, -0.15) is 0 Å². The topological polar surface area (TPSA) is 12.0 Å². The summed E-state index contributed by atoms with van der Waals surface area (Å²) in [5.41, 5.74) is 2.37. The van der Waals surface area contributed by atoms with Crippen LogP contribution < -0.4 is 5.32 Å². The third kappa shape index (κ3) is 2.95. The smallest absolute Gasteiger partial charge is 0.126 e. The third-order valence-electron chi connectivity index (χ3n) is 2.67. The zero-order chi connectivity index (χ0) is 13.1. The van der Waals surface area contributed by atoms with Crippen molar-refractivity contribution >= 4 is 28.9 Å². The van der Waals surface area contributed by atoms with Crippen molar-refractivity contribution in [1.29, 1.82) is 0 Å². The van der Waals surface area contributed by atoms with Gasteiger partial charge in [-0.3, -0.25) is 0 Å². The molecule has 0 aliphatic rings. The van der Waals surface area contributed by atoms with Crippen molar-refractivity contribution in [3.8, 4) is 0 Å². The largest absolute Gasteiger partial charge is 0.381 e. The third-order valence-corrected chi connectivity index (χ3v) is 3.53. The van der Waals surface area contributed by atoms with Crippen molar-refractivity contribution in [3.63, 3.8) is 0 Å². The molecule has 1 N–H and O–H groups in total. The van der Waals surface area contributed by atoms with Crippen LogP contribution >= 0.6 is 23.2 Å². The molecule has 0 aliphatic heterocycles. The van der Waals surface area contributed by atoms with E-state index in [9.17, 15) is 4.39 Å². The Kier molecular flexibility index (Phi) is 4.10. The minimum atomic E-state index is -0.207. The van der Waals surface area contributed by atoms with E-state index in [1.165, 1.54) is 6.07 Å². The fourth-order valence-electron chi connectivity index (χ4n) is 1.64. The highest BCUT2D eigenvalue weighted by atomic mass is 35.5. The van der Waals surface area contributed by atoms with E-state index in [1.807, 2.05) is 12.1 Å². The van der Waals surface area contributed by atoms with Gasteiger partial charge in [0.15, 0.2) is 0 Å². The number of aryl methyl sites for hydroxylation is 1. The molecule has 1 nitrogen and oxygen atoms in total. The van der Waals surface area contributed by atoms with Gasteiger partial charge in [0.25, 0.3) is 0 Å². The zero-order valence-corrected chi connectivity index (χ0v) is 11.3. The van der Waals surface area contributed by atoms with Crippen LogP contribution in [0.25, 0.3) is 0 Å². The number of hydrogen-bond donors (Lipinski definition) is 1. The number of hydrogen-bond acceptors (Lipinski definition) is 1. The van der Waals surface area contributed by atoms with Crippen LogP contribution in [0.2, 0.25) is 10.0 Å². The summed E-state index contributed by atoms with van der Waals surface area (Å²) < 4.78 is 13.1. The van der Waals surface area contributed by atoms with Gasteiger partial charge in [0, 0.05) is 12.2 Å². The van der Waals surface area contributed by atoms with E-state index >= 15 is 0 Å². The monoisotopic (exact) mass is 283 g/mol. The molecule has 0 atom stereocenters. The molecule has 0 saturated heterocycles. The predicted octanol–water partition coefficient (Wildman–Crippen LogP) is 5.05. The highest BCUT2D eigenvalue weighted by Crippen LogP contribution is 2.26. The minimum absolute atomic E-state index is 0.207. The molecule has 0 unspecified atom stereocenters. The summed E-state index contributed by atoms with van der Waals surface area (Å²) in [6, 6.07) is 10.4. The molecule has 4 heteroatoms. The van der Waals surface area contributed by atoms with Gasteiger partial charge < -0.3 is 5.32 Å². The summed E-state index contributed by atoms with van der Waals surface area (Å²) in [5.74, 6) is -0.207. The maximum Gasteiger partial charge on any atom is 0.126 e. The van der Waals surface area contributed by atoms with E-state index in [2.05, 4.69) is 5.32 Å². The van der Waals surface area contributed by atoms with E-state index in [-0.39, 0.29) is 5.82 Å². The molecule has 0 aliphatic carbocycles. The van der Waals surface area contributed by atoms with Gasteiger partial charge >= 0.3 is 0 Å². The molecule has 0 radical (unpaired) electrons. The normalized spacial score (nSPS) is 10.4. The molecule has 2 aromatic carbocycles. The summed E-state index contributed by atoms with van der Waals surface area (Å²) in [5, 5.41) is 4.27. The van der Waals surface area contributed by atoms with E-state index < -0.39 is 0 Å². The highest BCUT2D eigenvalue weighted by molar-refractivity contribution is 6.42. The second-order valence-electron chi connectivity index (χ2n) is 4.03. The molecule has 0 bridgehead atoms. The van der Waals surface area contributed by atoms with Crippen LogP contribution in [0.15, 0.2) is 36.4 Å². The fraction of sp³-hybridized carbons (Fsp3) is 0.143. The predicted molar refractivity (Wildman–Crippen MR) is 74.9 cm³/mol. The Hall–Kier alpha value is -1.25. The van der Waals surface area contributed by atoms with Crippen molar-refractivity contribution in [1.82, 2.24) is 0 Å². The Bertz CT molecular complexity index is 570. The molecule has 0 fully saturated rings. The van der Waals surface area contributed by atoms with E-state index in [0.717, 1.165) is 11.3 Å². The van der Waals surface area contributed by atoms with Gasteiger partial charge in [-0.05, 0) is 42.3 Å². The van der Waals surface area contributed by atoms with Crippen molar-refractivity contribution < 1.29 is 4.39 Å². The Morgan fingerprint density at radius 2 is 1.94 bits per heavy atom. The first-order valence-electron chi connectivity index (χ1n) is 5.51. The van der Waals surface area contributed by atoms with Crippen LogP contribution in [-0.2, 0) is 6.54 Å². The first-order valence-corrected chi connectivity index (χ1v) is 6.26. The second kappa shape index (κ2) is 5.59. The van der Waals surface area contributed by atoms with Gasteiger partial charge in [0.05, 0.1) is 10.0 Å². The molecule has 18 heavy (non-hydrogen) atoms. The lowest BCUT2D eigenvalue weighted by Crippen LogP contribution is -2.00. The quantitative estimate of drug-likeness (QED) is 0.831. The Morgan fingerprint density at radius 1 is 1.17 bits per heavy atom. The molecule has 94 valence electrons. The maximum absolute atomic E-state index is 13.1. The number of benzene rings is 2. The second-order valence-corrected chi connectivity index (χ2v) is 4.82. The van der Waals surface area contributed by atoms with E-state index in [4.69, 9.17) is 23.2 Å². The molecule has 0 spiro atoms. The summed E-state index contributed by atoms with van der Waals surface area (Å²) in [4.78, 5) is 0. The lowest BCUT2D eigenvalue weighted by molar-refractivity contribution is 0.618. The fourth-order valence-corrected chi connectivity index (χ4v) is 2.02. The standard InChI is InChI=1S/C14H12Cl2FN/c1-9-7-11(5-6-13(9)17)18-8-10-3-2-4-12(15)14(10)16/h2-7,18H,8H2,1H3. The molecule has 2 rings (SSSR count). The Labute approximate surface area is 116 Å². The van der Waals surface area contributed by atoms with Crippen molar-refractivity contribution in [2.75, 3.05) is 5.32 Å². The van der Waals surface area contributed by atoms with Gasteiger partial charge in [-0.25, -0.2) is 4.39 Å².